The van der Waals surface area contributed by atoms with E-state index in [0.717, 1.165) is 12.8 Å². The highest BCUT2D eigenvalue weighted by Gasteiger charge is 1.98. The SMILES string of the molecule is NC(=O)CCC(=O)O.NCCCOCCOCCOCCCN. The minimum absolute atomic E-state index is 0.0741. The molecule has 1 amide bonds. The number of rotatable bonds is 15. The summed E-state index contributed by atoms with van der Waals surface area (Å²) < 4.78 is 15.8. The molecule has 0 aromatic carbocycles. The van der Waals surface area contributed by atoms with Crippen molar-refractivity contribution in [3.63, 3.8) is 0 Å². The molecule has 0 bridgehead atoms. The summed E-state index contributed by atoms with van der Waals surface area (Å²) in [6.45, 7) is 5.27. The van der Waals surface area contributed by atoms with Crippen molar-refractivity contribution in [2.75, 3.05) is 52.7 Å². The van der Waals surface area contributed by atoms with E-state index in [1.807, 2.05) is 0 Å². The normalized spacial score (nSPS) is 10.0. The van der Waals surface area contributed by atoms with Gasteiger partial charge in [-0.05, 0) is 25.9 Å². The molecular formula is C14H31N3O6. The molecule has 0 rings (SSSR count). The Morgan fingerprint density at radius 3 is 1.39 bits per heavy atom. The number of carboxylic acids is 1. The van der Waals surface area contributed by atoms with E-state index in [2.05, 4.69) is 5.73 Å². The average Bonchev–Trinajstić information content (AvgIpc) is 2.51. The van der Waals surface area contributed by atoms with Gasteiger partial charge >= 0.3 is 5.97 Å². The Hall–Kier alpha value is -1.26. The van der Waals surface area contributed by atoms with Crippen molar-refractivity contribution in [2.24, 2.45) is 17.2 Å². The van der Waals surface area contributed by atoms with E-state index in [-0.39, 0.29) is 12.8 Å². The van der Waals surface area contributed by atoms with E-state index >= 15 is 0 Å². The van der Waals surface area contributed by atoms with E-state index in [4.69, 9.17) is 30.8 Å². The Morgan fingerprint density at radius 1 is 0.739 bits per heavy atom. The maximum absolute atomic E-state index is 9.86. The monoisotopic (exact) mass is 337 g/mol. The van der Waals surface area contributed by atoms with Crippen molar-refractivity contribution in [3.8, 4) is 0 Å². The van der Waals surface area contributed by atoms with Gasteiger partial charge in [0, 0.05) is 19.6 Å². The number of hydrogen-bond donors (Lipinski definition) is 4. The number of carbonyl (C=O) groups excluding carboxylic acids is 1. The van der Waals surface area contributed by atoms with Crippen LogP contribution in [-0.2, 0) is 23.8 Å². The van der Waals surface area contributed by atoms with Crippen LogP contribution in [0.15, 0.2) is 0 Å². The summed E-state index contributed by atoms with van der Waals surface area (Å²) in [4.78, 5) is 19.6. The van der Waals surface area contributed by atoms with E-state index in [0.29, 0.717) is 52.7 Å². The number of carbonyl (C=O) groups is 2. The predicted octanol–water partition coefficient (Wildman–Crippen LogP) is -0.930. The molecule has 0 aromatic heterocycles. The van der Waals surface area contributed by atoms with Gasteiger partial charge in [-0.3, -0.25) is 9.59 Å². The first-order valence-electron chi connectivity index (χ1n) is 7.68. The Balaban J connectivity index is 0. The second kappa shape index (κ2) is 20.7. The highest BCUT2D eigenvalue weighted by molar-refractivity contribution is 5.79. The average molecular weight is 337 g/mol. The molecule has 0 aromatic rings. The minimum Gasteiger partial charge on any atom is -0.481 e. The van der Waals surface area contributed by atoms with Crippen LogP contribution >= 0.6 is 0 Å². The van der Waals surface area contributed by atoms with Crippen molar-refractivity contribution < 1.29 is 28.9 Å². The van der Waals surface area contributed by atoms with E-state index in [1.54, 1.807) is 0 Å². The molecule has 0 aliphatic rings. The van der Waals surface area contributed by atoms with E-state index in [9.17, 15) is 9.59 Å². The molecule has 0 unspecified atom stereocenters. The van der Waals surface area contributed by atoms with Crippen LogP contribution < -0.4 is 17.2 Å². The lowest BCUT2D eigenvalue weighted by atomic mass is 10.3. The van der Waals surface area contributed by atoms with Crippen LogP contribution in [0.3, 0.4) is 0 Å². The van der Waals surface area contributed by atoms with Gasteiger partial charge in [0.15, 0.2) is 0 Å². The third-order valence-corrected chi connectivity index (χ3v) is 2.31. The van der Waals surface area contributed by atoms with Crippen LogP contribution in [-0.4, -0.2) is 69.7 Å². The molecule has 7 N–H and O–H groups in total. The number of hydrogen-bond acceptors (Lipinski definition) is 7. The lowest BCUT2D eigenvalue weighted by Crippen LogP contribution is -2.12. The second-order valence-corrected chi connectivity index (χ2v) is 4.48. The summed E-state index contributed by atoms with van der Waals surface area (Å²) in [7, 11) is 0. The molecule has 0 saturated carbocycles. The molecule has 0 aliphatic heterocycles. The van der Waals surface area contributed by atoms with E-state index < -0.39 is 11.9 Å². The van der Waals surface area contributed by atoms with Gasteiger partial charge in [-0.1, -0.05) is 0 Å². The van der Waals surface area contributed by atoms with Gasteiger partial charge in [0.2, 0.25) is 5.91 Å². The van der Waals surface area contributed by atoms with Crippen molar-refractivity contribution in [2.45, 2.75) is 25.7 Å². The van der Waals surface area contributed by atoms with Gasteiger partial charge in [0.1, 0.15) is 0 Å². The van der Waals surface area contributed by atoms with Gasteiger partial charge in [-0.25, -0.2) is 0 Å². The van der Waals surface area contributed by atoms with Gasteiger partial charge in [0.25, 0.3) is 0 Å². The third kappa shape index (κ3) is 29.4. The van der Waals surface area contributed by atoms with Gasteiger partial charge in [-0.15, -0.1) is 0 Å². The van der Waals surface area contributed by atoms with Crippen molar-refractivity contribution in [1.82, 2.24) is 0 Å². The quantitative estimate of drug-likeness (QED) is 0.279. The molecule has 138 valence electrons. The standard InChI is InChI=1S/C10H24N2O3.C4H7NO3/c11-3-1-5-13-7-9-15-10-8-14-6-2-4-12;5-3(6)1-2-4(7)8/h1-12H2;1-2H2,(H2,5,6)(H,7,8). The maximum atomic E-state index is 9.86. The molecular weight excluding hydrogens is 306 g/mol. The minimum atomic E-state index is -0.996. The Labute approximate surface area is 137 Å². The maximum Gasteiger partial charge on any atom is 0.303 e. The van der Waals surface area contributed by atoms with Crippen LogP contribution in [0.25, 0.3) is 0 Å². The first-order chi connectivity index (χ1) is 11.0. The van der Waals surface area contributed by atoms with Gasteiger partial charge in [0.05, 0.1) is 32.8 Å². The molecule has 9 nitrogen and oxygen atoms in total. The third-order valence-electron chi connectivity index (χ3n) is 2.31. The second-order valence-electron chi connectivity index (χ2n) is 4.48. The lowest BCUT2D eigenvalue weighted by Gasteiger charge is -2.06. The number of ether oxygens (including phenoxy) is 3. The van der Waals surface area contributed by atoms with Crippen LogP contribution in [0, 0.1) is 0 Å². The molecule has 9 heteroatoms. The number of carboxylic acid groups (broad SMARTS) is 1. The topological polar surface area (TPSA) is 160 Å². The molecule has 0 heterocycles. The number of nitrogens with two attached hydrogens (primary N) is 3. The van der Waals surface area contributed by atoms with Crippen LogP contribution in [0.5, 0.6) is 0 Å². The zero-order chi connectivity index (χ0) is 17.8. The largest absolute Gasteiger partial charge is 0.481 e. The lowest BCUT2D eigenvalue weighted by molar-refractivity contribution is -0.138. The van der Waals surface area contributed by atoms with Crippen molar-refractivity contribution in [3.05, 3.63) is 0 Å². The van der Waals surface area contributed by atoms with Crippen LogP contribution in [0.1, 0.15) is 25.7 Å². The van der Waals surface area contributed by atoms with Crippen molar-refractivity contribution >= 4 is 11.9 Å². The van der Waals surface area contributed by atoms with Gasteiger partial charge < -0.3 is 36.5 Å². The summed E-state index contributed by atoms with van der Waals surface area (Å²) in [5, 5.41) is 7.95. The smallest absolute Gasteiger partial charge is 0.303 e. The number of primary amides is 1. The van der Waals surface area contributed by atoms with Crippen LogP contribution in [0.4, 0.5) is 0 Å². The number of amides is 1. The summed E-state index contributed by atoms with van der Waals surface area (Å²) in [5.74, 6) is -1.57. The summed E-state index contributed by atoms with van der Waals surface area (Å²) >= 11 is 0. The first-order valence-corrected chi connectivity index (χ1v) is 7.68. The zero-order valence-corrected chi connectivity index (χ0v) is 13.7. The first kappa shape index (κ1) is 24.0. The molecule has 0 spiro atoms. The summed E-state index contributed by atoms with van der Waals surface area (Å²) in [6.07, 6.45) is 1.56. The fourth-order valence-corrected chi connectivity index (χ4v) is 1.14. The summed E-state index contributed by atoms with van der Waals surface area (Å²) in [5.41, 5.74) is 15.3. The Bertz CT molecular complexity index is 253. The molecule has 0 radical (unpaired) electrons. The van der Waals surface area contributed by atoms with Crippen LogP contribution in [0.2, 0.25) is 0 Å². The van der Waals surface area contributed by atoms with Gasteiger partial charge in [-0.2, -0.15) is 0 Å². The molecule has 0 aliphatic carbocycles. The number of aliphatic carboxylic acids is 1. The predicted molar refractivity (Wildman–Crippen MR) is 85.9 cm³/mol. The Morgan fingerprint density at radius 2 is 1.13 bits per heavy atom. The fraction of sp³-hybridized carbons (Fsp3) is 0.857. The Kier molecular flexibility index (Phi) is 21.6. The fourth-order valence-electron chi connectivity index (χ4n) is 1.14. The van der Waals surface area contributed by atoms with E-state index in [1.165, 1.54) is 0 Å². The highest BCUT2D eigenvalue weighted by Crippen LogP contribution is 1.85. The molecule has 0 saturated heterocycles. The van der Waals surface area contributed by atoms with Crippen molar-refractivity contribution in [1.29, 1.82) is 0 Å². The molecule has 0 fully saturated rings. The molecule has 0 atom stereocenters. The molecule has 23 heavy (non-hydrogen) atoms. The summed E-state index contributed by atoms with van der Waals surface area (Å²) in [6, 6.07) is 0. The zero-order valence-electron chi connectivity index (χ0n) is 13.7. The highest BCUT2D eigenvalue weighted by atomic mass is 16.5.